The van der Waals surface area contributed by atoms with Crippen molar-refractivity contribution >= 4 is 5.82 Å². The van der Waals surface area contributed by atoms with Gasteiger partial charge >= 0.3 is 0 Å². The topological polar surface area (TPSA) is 41.1 Å². The minimum Gasteiger partial charge on any atom is -0.368 e. The molecule has 1 aromatic rings. The zero-order chi connectivity index (χ0) is 10.6. The van der Waals surface area contributed by atoms with Crippen LogP contribution in [0.15, 0.2) is 12.3 Å². The zero-order valence-electron chi connectivity index (χ0n) is 9.28. The van der Waals surface area contributed by atoms with Gasteiger partial charge in [0.05, 0.1) is 0 Å². The quantitative estimate of drug-likeness (QED) is 0.780. The molecule has 0 aliphatic carbocycles. The van der Waals surface area contributed by atoms with E-state index in [1.165, 1.54) is 0 Å². The summed E-state index contributed by atoms with van der Waals surface area (Å²) in [6.45, 7) is 4.95. The smallest absolute Gasteiger partial charge is 0.129 e. The van der Waals surface area contributed by atoms with Crippen LogP contribution in [0.3, 0.4) is 0 Å². The first-order valence-electron chi connectivity index (χ1n) is 4.79. The Morgan fingerprint density at radius 3 is 2.79 bits per heavy atom. The van der Waals surface area contributed by atoms with Crippen molar-refractivity contribution in [2.75, 3.05) is 26.0 Å². The van der Waals surface area contributed by atoms with E-state index in [0.717, 1.165) is 18.2 Å². The van der Waals surface area contributed by atoms with Gasteiger partial charge in [-0.3, -0.25) is 0 Å². The molecule has 1 unspecified atom stereocenters. The van der Waals surface area contributed by atoms with Gasteiger partial charge < -0.3 is 10.2 Å². The van der Waals surface area contributed by atoms with Crippen molar-refractivity contribution in [1.29, 1.82) is 0 Å². The predicted octanol–water partition coefficient (Wildman–Crippen LogP) is 1.15. The second-order valence-electron chi connectivity index (χ2n) is 3.68. The molecule has 4 heteroatoms. The Morgan fingerprint density at radius 1 is 1.50 bits per heavy atom. The summed E-state index contributed by atoms with van der Waals surface area (Å²) >= 11 is 0. The summed E-state index contributed by atoms with van der Waals surface area (Å²) in [6, 6.07) is 2.38. The van der Waals surface area contributed by atoms with E-state index in [1.807, 2.05) is 13.0 Å². The second-order valence-corrected chi connectivity index (χ2v) is 3.68. The molecule has 14 heavy (non-hydrogen) atoms. The first-order valence-corrected chi connectivity index (χ1v) is 4.79. The van der Waals surface area contributed by atoms with Gasteiger partial charge in [0.2, 0.25) is 0 Å². The molecule has 1 aromatic heterocycles. The van der Waals surface area contributed by atoms with E-state index in [4.69, 9.17) is 0 Å². The molecule has 4 nitrogen and oxygen atoms in total. The number of hydrogen-bond donors (Lipinski definition) is 1. The summed E-state index contributed by atoms with van der Waals surface area (Å²) in [5, 5.41) is 3.27. The third-order valence-corrected chi connectivity index (χ3v) is 2.24. The number of likely N-dealkylation sites (N-methyl/N-ethyl adjacent to an activating group) is 1. The van der Waals surface area contributed by atoms with Crippen molar-refractivity contribution in [3.05, 3.63) is 18.1 Å². The van der Waals surface area contributed by atoms with Crippen LogP contribution < -0.4 is 5.32 Å². The Balaban J connectivity index is 2.45. The highest BCUT2D eigenvalue weighted by atomic mass is 15.1. The van der Waals surface area contributed by atoms with E-state index in [-0.39, 0.29) is 0 Å². The lowest BCUT2D eigenvalue weighted by atomic mass is 10.3. The summed E-state index contributed by atoms with van der Waals surface area (Å²) in [5.74, 6) is 1.69. The number of nitrogens with zero attached hydrogens (tertiary/aromatic N) is 3. The molecule has 1 heterocycles. The maximum Gasteiger partial charge on any atom is 0.129 e. The Kier molecular flexibility index (Phi) is 3.83. The molecule has 0 bridgehead atoms. The largest absolute Gasteiger partial charge is 0.368 e. The molecule has 0 aromatic carbocycles. The fourth-order valence-corrected chi connectivity index (χ4v) is 0.989. The van der Waals surface area contributed by atoms with Gasteiger partial charge in [0, 0.05) is 18.8 Å². The Hall–Kier alpha value is -1.16. The Bertz CT molecular complexity index is 285. The summed E-state index contributed by atoms with van der Waals surface area (Å²) in [4.78, 5) is 10.5. The van der Waals surface area contributed by atoms with Crippen LogP contribution in [0.25, 0.3) is 0 Å². The van der Waals surface area contributed by atoms with Crippen LogP contribution in [0.5, 0.6) is 0 Å². The molecule has 0 amide bonds. The van der Waals surface area contributed by atoms with Crippen molar-refractivity contribution in [2.45, 2.75) is 19.9 Å². The van der Waals surface area contributed by atoms with Gasteiger partial charge in [0.25, 0.3) is 0 Å². The molecule has 0 fully saturated rings. The summed E-state index contributed by atoms with van der Waals surface area (Å²) in [7, 11) is 4.13. The highest BCUT2D eigenvalue weighted by Gasteiger charge is 2.03. The lowest BCUT2D eigenvalue weighted by Crippen LogP contribution is -2.31. The molecule has 78 valence electrons. The van der Waals surface area contributed by atoms with Crippen LogP contribution in [0.2, 0.25) is 0 Å². The molecule has 0 spiro atoms. The molecule has 0 radical (unpaired) electrons. The summed E-state index contributed by atoms with van der Waals surface area (Å²) < 4.78 is 0. The Labute approximate surface area is 85.4 Å². The van der Waals surface area contributed by atoms with Crippen LogP contribution in [-0.2, 0) is 0 Å². The van der Waals surface area contributed by atoms with E-state index < -0.39 is 0 Å². The van der Waals surface area contributed by atoms with Crippen LogP contribution in [0.1, 0.15) is 12.7 Å². The van der Waals surface area contributed by atoms with Crippen LogP contribution in [0.4, 0.5) is 5.82 Å². The number of aryl methyl sites for hydroxylation is 1. The number of hydrogen-bond acceptors (Lipinski definition) is 4. The number of rotatable bonds is 4. The summed E-state index contributed by atoms with van der Waals surface area (Å²) in [5.41, 5.74) is 0. The van der Waals surface area contributed by atoms with E-state index in [1.54, 1.807) is 6.20 Å². The second kappa shape index (κ2) is 4.91. The van der Waals surface area contributed by atoms with Gasteiger partial charge in [-0.05, 0) is 34.0 Å². The molecule has 1 atom stereocenters. The van der Waals surface area contributed by atoms with Gasteiger partial charge in [0.15, 0.2) is 0 Å². The van der Waals surface area contributed by atoms with Gasteiger partial charge in [0.1, 0.15) is 11.6 Å². The molecule has 0 aliphatic heterocycles. The van der Waals surface area contributed by atoms with E-state index in [9.17, 15) is 0 Å². The van der Waals surface area contributed by atoms with E-state index in [0.29, 0.717) is 6.04 Å². The van der Waals surface area contributed by atoms with Crippen molar-refractivity contribution in [2.24, 2.45) is 0 Å². The first kappa shape index (κ1) is 10.9. The lowest BCUT2D eigenvalue weighted by molar-refractivity contribution is 0.326. The molecule has 0 aliphatic rings. The fourth-order valence-electron chi connectivity index (χ4n) is 0.989. The summed E-state index contributed by atoms with van der Waals surface area (Å²) in [6.07, 6.45) is 1.77. The van der Waals surface area contributed by atoms with Crippen LogP contribution >= 0.6 is 0 Å². The number of nitrogens with one attached hydrogen (secondary N) is 1. The van der Waals surface area contributed by atoms with Gasteiger partial charge in [-0.1, -0.05) is 0 Å². The minimum atomic E-state index is 0.491. The molecule has 0 saturated carbocycles. The van der Waals surface area contributed by atoms with Crippen molar-refractivity contribution < 1.29 is 0 Å². The first-order chi connectivity index (χ1) is 6.59. The van der Waals surface area contributed by atoms with Gasteiger partial charge in [-0.25, -0.2) is 9.97 Å². The molecular formula is C10H18N4. The SMILES string of the molecule is Cc1nccc(NCC(C)N(C)C)n1. The predicted molar refractivity (Wildman–Crippen MR) is 58.4 cm³/mol. The normalized spacial score (nSPS) is 12.9. The van der Waals surface area contributed by atoms with E-state index in [2.05, 4.69) is 41.2 Å². The number of aromatic nitrogens is 2. The van der Waals surface area contributed by atoms with Crippen LogP contribution in [0, 0.1) is 6.92 Å². The number of anilines is 1. The van der Waals surface area contributed by atoms with Crippen molar-refractivity contribution in [3.8, 4) is 0 Å². The minimum absolute atomic E-state index is 0.491. The third-order valence-electron chi connectivity index (χ3n) is 2.24. The average Bonchev–Trinajstić information content (AvgIpc) is 2.14. The molecule has 1 rings (SSSR count). The monoisotopic (exact) mass is 194 g/mol. The maximum absolute atomic E-state index is 4.26. The average molecular weight is 194 g/mol. The Morgan fingerprint density at radius 2 is 2.21 bits per heavy atom. The maximum atomic E-state index is 4.26. The highest BCUT2D eigenvalue weighted by molar-refractivity contribution is 5.32. The fraction of sp³-hybridized carbons (Fsp3) is 0.600. The van der Waals surface area contributed by atoms with E-state index >= 15 is 0 Å². The van der Waals surface area contributed by atoms with Crippen molar-refractivity contribution in [3.63, 3.8) is 0 Å². The highest BCUT2D eigenvalue weighted by Crippen LogP contribution is 2.02. The molecule has 1 N–H and O–H groups in total. The van der Waals surface area contributed by atoms with Crippen LogP contribution in [-0.4, -0.2) is 41.5 Å². The van der Waals surface area contributed by atoms with Gasteiger partial charge in [-0.2, -0.15) is 0 Å². The lowest BCUT2D eigenvalue weighted by Gasteiger charge is -2.20. The van der Waals surface area contributed by atoms with Gasteiger partial charge in [-0.15, -0.1) is 0 Å². The standard InChI is InChI=1S/C10H18N4/c1-8(14(3)4)7-12-10-5-6-11-9(2)13-10/h5-6,8H,7H2,1-4H3,(H,11,12,13). The van der Waals surface area contributed by atoms with Crippen molar-refractivity contribution in [1.82, 2.24) is 14.9 Å². The third kappa shape index (κ3) is 3.30. The molecular weight excluding hydrogens is 176 g/mol. The molecule has 0 saturated heterocycles. The zero-order valence-corrected chi connectivity index (χ0v) is 9.28.